The van der Waals surface area contributed by atoms with Crippen LogP contribution in [0.2, 0.25) is 0 Å². The number of nitrogens with one attached hydrogen (secondary N) is 1. The zero-order valence-corrected chi connectivity index (χ0v) is 16.7. The van der Waals surface area contributed by atoms with Crippen LogP contribution < -0.4 is 5.32 Å². The lowest BCUT2D eigenvalue weighted by Gasteiger charge is -2.30. The Kier molecular flexibility index (Phi) is 8.07. The largest absolute Gasteiger partial charge is 0.447 e. The van der Waals surface area contributed by atoms with E-state index in [1.165, 1.54) is 18.4 Å². The molecule has 2 aromatic rings. The fourth-order valence-corrected chi connectivity index (χ4v) is 2.65. The molecule has 1 amide bonds. The second-order valence-corrected chi connectivity index (χ2v) is 7.00. The molecule has 0 fully saturated rings. The highest BCUT2D eigenvalue weighted by Gasteiger charge is 2.22. The Morgan fingerprint density at radius 1 is 1.29 bits per heavy atom. The molecule has 1 unspecified atom stereocenters. The number of benzene rings is 1. The molecule has 1 aromatic carbocycles. The number of aromatic nitrogens is 1. The molecule has 0 spiro atoms. The Morgan fingerprint density at radius 3 is 2.68 bits per heavy atom. The smallest absolute Gasteiger partial charge is 0.273 e. The quantitative estimate of drug-likeness (QED) is 0.625. The molecule has 0 radical (unpaired) electrons. The van der Waals surface area contributed by atoms with Crippen LogP contribution in [0.3, 0.4) is 0 Å². The number of oxazole rings is 1. The minimum atomic E-state index is -0.610. The van der Waals surface area contributed by atoms with Gasteiger partial charge in [-0.05, 0) is 18.9 Å². The molecule has 28 heavy (non-hydrogen) atoms. The van der Waals surface area contributed by atoms with Gasteiger partial charge >= 0.3 is 0 Å². The van der Waals surface area contributed by atoms with Gasteiger partial charge in [0.1, 0.15) is 17.9 Å². The van der Waals surface area contributed by atoms with Gasteiger partial charge in [0.05, 0.1) is 13.2 Å². The van der Waals surface area contributed by atoms with E-state index >= 15 is 0 Å². The topological polar surface area (TPSA) is 67.6 Å². The third kappa shape index (κ3) is 6.10. The van der Waals surface area contributed by atoms with Gasteiger partial charge in [-0.2, -0.15) is 0 Å². The van der Waals surface area contributed by atoms with E-state index in [2.05, 4.69) is 24.1 Å². The predicted molar refractivity (Wildman–Crippen MR) is 101 cm³/mol. The summed E-state index contributed by atoms with van der Waals surface area (Å²) in [6, 6.07) is 3.63. The van der Waals surface area contributed by atoms with E-state index in [0.29, 0.717) is 31.2 Å². The molecule has 2 rings (SSSR count). The minimum absolute atomic E-state index is 0.0790. The number of halogens is 2. The van der Waals surface area contributed by atoms with Crippen LogP contribution in [0.5, 0.6) is 0 Å². The average molecular weight is 395 g/mol. The number of ether oxygens (including phenoxy) is 1. The number of methoxy groups -OCH3 is 1. The van der Waals surface area contributed by atoms with Gasteiger partial charge in [0, 0.05) is 37.9 Å². The fourth-order valence-electron chi connectivity index (χ4n) is 2.65. The first-order valence-electron chi connectivity index (χ1n) is 9.21. The van der Waals surface area contributed by atoms with Crippen LogP contribution in [0.1, 0.15) is 42.7 Å². The van der Waals surface area contributed by atoms with Crippen molar-refractivity contribution < 1.29 is 22.7 Å². The first kappa shape index (κ1) is 22.0. The molecule has 0 saturated carbocycles. The van der Waals surface area contributed by atoms with Crippen molar-refractivity contribution in [2.75, 3.05) is 20.3 Å². The van der Waals surface area contributed by atoms with Crippen LogP contribution in [-0.2, 0) is 17.8 Å². The van der Waals surface area contributed by atoms with E-state index in [4.69, 9.17) is 9.15 Å². The van der Waals surface area contributed by atoms with Gasteiger partial charge in [-0.1, -0.05) is 19.9 Å². The first-order chi connectivity index (χ1) is 13.3. The third-order valence-electron chi connectivity index (χ3n) is 4.64. The molecule has 1 heterocycles. The van der Waals surface area contributed by atoms with Crippen molar-refractivity contribution in [2.24, 2.45) is 5.92 Å². The Labute approximate surface area is 163 Å². The molecule has 1 aromatic heterocycles. The number of hydrogen-bond acceptors (Lipinski definition) is 5. The monoisotopic (exact) mass is 395 g/mol. The van der Waals surface area contributed by atoms with E-state index in [-0.39, 0.29) is 30.1 Å². The van der Waals surface area contributed by atoms with Crippen molar-refractivity contribution >= 4 is 5.91 Å². The Bertz CT molecular complexity index is 780. The molecule has 8 heteroatoms. The molecular formula is C20H27F2N3O3. The normalized spacial score (nSPS) is 12.6. The number of carbonyl (C=O) groups is 1. The SMILES string of the molecule is COCCNC(=O)c1coc(CN(Cc2ccc(F)cc2F)C(C)C(C)C)n1. The molecule has 0 aliphatic rings. The highest BCUT2D eigenvalue weighted by molar-refractivity contribution is 5.91. The predicted octanol–water partition coefficient (Wildman–Crippen LogP) is 3.38. The van der Waals surface area contributed by atoms with Crippen LogP contribution in [0.4, 0.5) is 8.78 Å². The van der Waals surface area contributed by atoms with Gasteiger partial charge < -0.3 is 14.5 Å². The van der Waals surface area contributed by atoms with Gasteiger partial charge in [-0.15, -0.1) is 0 Å². The molecule has 1 N–H and O–H groups in total. The van der Waals surface area contributed by atoms with Crippen LogP contribution in [0.25, 0.3) is 0 Å². The summed E-state index contributed by atoms with van der Waals surface area (Å²) in [5.41, 5.74) is 0.564. The maximum absolute atomic E-state index is 14.1. The van der Waals surface area contributed by atoms with Gasteiger partial charge in [-0.25, -0.2) is 13.8 Å². The van der Waals surface area contributed by atoms with Crippen molar-refractivity contribution in [3.05, 3.63) is 53.2 Å². The highest BCUT2D eigenvalue weighted by Crippen LogP contribution is 2.20. The Balaban J connectivity index is 2.11. The minimum Gasteiger partial charge on any atom is -0.447 e. The van der Waals surface area contributed by atoms with Crippen LogP contribution in [0.15, 0.2) is 28.9 Å². The number of amides is 1. The first-order valence-corrected chi connectivity index (χ1v) is 9.21. The Morgan fingerprint density at radius 2 is 2.04 bits per heavy atom. The van der Waals surface area contributed by atoms with E-state index in [9.17, 15) is 13.6 Å². The number of carbonyl (C=O) groups excluding carboxylic acids is 1. The van der Waals surface area contributed by atoms with E-state index in [1.807, 2.05) is 11.8 Å². The van der Waals surface area contributed by atoms with Crippen LogP contribution >= 0.6 is 0 Å². The molecule has 1 atom stereocenters. The lowest BCUT2D eigenvalue weighted by Crippen LogP contribution is -2.36. The number of nitrogens with zero attached hydrogens (tertiary/aromatic N) is 2. The maximum Gasteiger partial charge on any atom is 0.273 e. The summed E-state index contributed by atoms with van der Waals surface area (Å²) < 4.78 is 37.6. The van der Waals surface area contributed by atoms with Crippen molar-refractivity contribution in [1.29, 1.82) is 0 Å². The summed E-state index contributed by atoms with van der Waals surface area (Å²) in [7, 11) is 1.55. The number of hydrogen-bond donors (Lipinski definition) is 1. The molecule has 6 nitrogen and oxygen atoms in total. The van der Waals surface area contributed by atoms with Crippen LogP contribution in [-0.4, -0.2) is 42.1 Å². The summed E-state index contributed by atoms with van der Waals surface area (Å²) in [5.74, 6) is -0.907. The maximum atomic E-state index is 14.1. The van der Waals surface area contributed by atoms with Crippen molar-refractivity contribution in [3.63, 3.8) is 0 Å². The van der Waals surface area contributed by atoms with E-state index in [0.717, 1.165) is 6.07 Å². The summed E-state index contributed by atoms with van der Waals surface area (Å²) in [4.78, 5) is 18.3. The molecule has 0 aliphatic heterocycles. The molecule has 0 aliphatic carbocycles. The van der Waals surface area contributed by atoms with Crippen LogP contribution in [0, 0.1) is 17.6 Å². The van der Waals surface area contributed by atoms with Gasteiger partial charge in [0.2, 0.25) is 5.89 Å². The van der Waals surface area contributed by atoms with E-state index < -0.39 is 11.6 Å². The van der Waals surface area contributed by atoms with Gasteiger partial charge in [0.25, 0.3) is 5.91 Å². The lowest BCUT2D eigenvalue weighted by atomic mass is 10.0. The second-order valence-electron chi connectivity index (χ2n) is 7.00. The van der Waals surface area contributed by atoms with Crippen molar-refractivity contribution in [3.8, 4) is 0 Å². The molecule has 0 saturated heterocycles. The average Bonchev–Trinajstić information content (AvgIpc) is 3.11. The summed E-state index contributed by atoms with van der Waals surface area (Å²) >= 11 is 0. The van der Waals surface area contributed by atoms with Gasteiger partial charge in [-0.3, -0.25) is 9.69 Å². The number of rotatable bonds is 10. The zero-order valence-electron chi connectivity index (χ0n) is 16.7. The van der Waals surface area contributed by atoms with E-state index in [1.54, 1.807) is 7.11 Å². The zero-order chi connectivity index (χ0) is 20.7. The molecular weight excluding hydrogens is 368 g/mol. The Hall–Kier alpha value is -2.32. The standard InChI is InChI=1S/C20H27F2N3O3/c1-13(2)14(3)25(10-15-5-6-16(21)9-17(15)22)11-19-24-18(12-28-19)20(26)23-7-8-27-4/h5-6,9,12-14H,7-8,10-11H2,1-4H3,(H,23,26). The van der Waals surface area contributed by atoms with Crippen molar-refractivity contribution in [2.45, 2.75) is 39.9 Å². The van der Waals surface area contributed by atoms with Gasteiger partial charge in [0.15, 0.2) is 5.69 Å². The summed E-state index contributed by atoms with van der Waals surface area (Å²) in [6.07, 6.45) is 1.30. The fraction of sp³-hybridized carbons (Fsp3) is 0.500. The molecule has 154 valence electrons. The van der Waals surface area contributed by atoms with Crippen molar-refractivity contribution in [1.82, 2.24) is 15.2 Å². The second kappa shape index (κ2) is 10.3. The summed E-state index contributed by atoms with van der Waals surface area (Å²) in [5, 5.41) is 2.67. The summed E-state index contributed by atoms with van der Waals surface area (Å²) in [6.45, 7) is 7.47. The lowest BCUT2D eigenvalue weighted by molar-refractivity contribution is 0.0932. The third-order valence-corrected chi connectivity index (χ3v) is 4.64. The highest BCUT2D eigenvalue weighted by atomic mass is 19.1. The molecule has 0 bridgehead atoms.